The molecule has 0 fully saturated rings. The Labute approximate surface area is 183 Å². The molecule has 4 nitrogen and oxygen atoms in total. The topological polar surface area (TPSA) is 45.3 Å². The van der Waals surface area contributed by atoms with E-state index in [1.165, 1.54) is 27.7 Å². The number of H-pyrrole nitrogens is 1. The van der Waals surface area contributed by atoms with Crippen molar-refractivity contribution in [3.05, 3.63) is 82.7 Å². The number of nitrogens with one attached hydrogen (secondary N) is 1. The number of allylic oxidation sites excluding steroid dienone is 1. The summed E-state index contributed by atoms with van der Waals surface area (Å²) in [4.78, 5) is 19.5. The summed E-state index contributed by atoms with van der Waals surface area (Å²) in [6.45, 7) is 8.80. The van der Waals surface area contributed by atoms with E-state index in [1.54, 1.807) is 0 Å². The fourth-order valence-corrected chi connectivity index (χ4v) is 5.32. The molecule has 0 spiro atoms. The Morgan fingerprint density at radius 2 is 1.77 bits per heavy atom. The Morgan fingerprint density at radius 1 is 1.06 bits per heavy atom. The van der Waals surface area contributed by atoms with Gasteiger partial charge in [0, 0.05) is 34.8 Å². The molecule has 0 saturated carbocycles. The van der Waals surface area contributed by atoms with Crippen molar-refractivity contribution in [2.24, 2.45) is 0 Å². The normalized spacial score (nSPS) is 21.1. The first kappa shape index (κ1) is 19.9. The van der Waals surface area contributed by atoms with Crippen LogP contribution in [0.1, 0.15) is 62.9 Å². The smallest absolute Gasteiger partial charge is 0.336 e. The third kappa shape index (κ3) is 3.44. The minimum atomic E-state index is -0.519. The molecular weight excluding hydrogens is 384 g/mol. The minimum Gasteiger partial charge on any atom is -0.457 e. The average molecular weight is 415 g/mol. The molecule has 0 amide bonds. The predicted octanol–water partition coefficient (Wildman–Crippen LogP) is 5.87. The maximum Gasteiger partial charge on any atom is 0.336 e. The number of para-hydroxylation sites is 1. The number of nitrogens with zero attached hydrogens (tertiary/aromatic N) is 1. The van der Waals surface area contributed by atoms with E-state index in [4.69, 9.17) is 4.74 Å². The Bertz CT molecular complexity index is 1170. The second-order valence-electron chi connectivity index (χ2n) is 9.72. The average Bonchev–Trinajstić information content (AvgIpc) is 3.12. The SMILES string of the molecule is CC1=C(C(=O)OC(C)(C)C)[C@H](c2ccccc2)C[C@H]2c3[nH]c4ccccc4c3CCN12. The molecule has 1 N–H and O–H groups in total. The number of benzene rings is 2. The molecule has 3 heterocycles. The van der Waals surface area contributed by atoms with Gasteiger partial charge in [-0.2, -0.15) is 0 Å². The maximum absolute atomic E-state index is 13.4. The third-order valence-electron chi connectivity index (χ3n) is 6.61. The summed E-state index contributed by atoms with van der Waals surface area (Å²) in [5.41, 5.74) is 6.43. The molecule has 3 aromatic rings. The van der Waals surface area contributed by atoms with Crippen molar-refractivity contribution in [2.75, 3.05) is 6.54 Å². The number of fused-ring (bicyclic) bond motifs is 5. The lowest BCUT2D eigenvalue weighted by Crippen LogP contribution is -2.41. The molecule has 5 rings (SSSR count). The van der Waals surface area contributed by atoms with Crippen LogP contribution in [0.4, 0.5) is 0 Å². The van der Waals surface area contributed by atoms with Crippen LogP contribution in [-0.4, -0.2) is 28.0 Å². The highest BCUT2D eigenvalue weighted by atomic mass is 16.6. The summed E-state index contributed by atoms with van der Waals surface area (Å²) >= 11 is 0. The molecule has 0 aliphatic carbocycles. The Hall–Kier alpha value is -3.01. The standard InChI is InChI=1S/C27H30N2O2/c1-17-24(26(30)31-27(2,3)4)21(18-10-6-5-7-11-18)16-23-25-20(14-15-29(17)23)19-12-8-9-13-22(19)28-25/h5-13,21,23,28H,14-16H2,1-4H3/t21-,23-/m0/s1. The first-order chi connectivity index (χ1) is 14.8. The van der Waals surface area contributed by atoms with Crippen LogP contribution in [0.2, 0.25) is 0 Å². The molecule has 2 atom stereocenters. The van der Waals surface area contributed by atoms with Crippen molar-refractivity contribution >= 4 is 16.9 Å². The molecule has 0 saturated heterocycles. The van der Waals surface area contributed by atoms with Crippen LogP contribution < -0.4 is 0 Å². The zero-order valence-corrected chi connectivity index (χ0v) is 18.7. The second kappa shape index (κ2) is 7.30. The summed E-state index contributed by atoms with van der Waals surface area (Å²) in [5.74, 6) is -0.186. The molecule has 4 heteroatoms. The van der Waals surface area contributed by atoms with Crippen LogP contribution in [0.5, 0.6) is 0 Å². The predicted molar refractivity (Wildman–Crippen MR) is 124 cm³/mol. The van der Waals surface area contributed by atoms with Crippen molar-refractivity contribution < 1.29 is 9.53 Å². The zero-order valence-electron chi connectivity index (χ0n) is 18.7. The summed E-state index contributed by atoms with van der Waals surface area (Å²) in [5, 5.41) is 1.33. The number of carbonyl (C=O) groups excluding carboxylic acids is 1. The van der Waals surface area contributed by atoms with Gasteiger partial charge in [-0.15, -0.1) is 0 Å². The number of carbonyl (C=O) groups is 1. The van der Waals surface area contributed by atoms with E-state index >= 15 is 0 Å². The van der Waals surface area contributed by atoms with Gasteiger partial charge in [-0.25, -0.2) is 4.79 Å². The van der Waals surface area contributed by atoms with Crippen molar-refractivity contribution in [1.82, 2.24) is 9.88 Å². The monoisotopic (exact) mass is 414 g/mol. The number of rotatable bonds is 2. The first-order valence-electron chi connectivity index (χ1n) is 11.2. The van der Waals surface area contributed by atoms with Gasteiger partial charge in [-0.05, 0) is 57.7 Å². The highest BCUT2D eigenvalue weighted by Crippen LogP contribution is 2.48. The molecule has 160 valence electrons. The van der Waals surface area contributed by atoms with E-state index in [1.807, 2.05) is 26.8 Å². The van der Waals surface area contributed by atoms with E-state index in [9.17, 15) is 4.79 Å². The van der Waals surface area contributed by atoms with Crippen LogP contribution in [0.3, 0.4) is 0 Å². The molecule has 2 aliphatic heterocycles. The van der Waals surface area contributed by atoms with Crippen LogP contribution in [0, 0.1) is 0 Å². The van der Waals surface area contributed by atoms with Gasteiger partial charge in [0.2, 0.25) is 0 Å². The Kier molecular flexibility index (Phi) is 4.69. The number of ether oxygens (including phenoxy) is 1. The van der Waals surface area contributed by atoms with Crippen LogP contribution in [0.15, 0.2) is 65.9 Å². The van der Waals surface area contributed by atoms with Gasteiger partial charge in [-0.1, -0.05) is 48.5 Å². The molecule has 2 aromatic carbocycles. The summed E-state index contributed by atoms with van der Waals surface area (Å²) in [7, 11) is 0. The lowest BCUT2D eigenvalue weighted by Gasteiger charge is -2.45. The number of esters is 1. The number of aromatic nitrogens is 1. The Balaban J connectivity index is 1.63. The molecule has 0 radical (unpaired) electrons. The molecule has 0 unspecified atom stereocenters. The van der Waals surface area contributed by atoms with Gasteiger partial charge in [0.05, 0.1) is 11.6 Å². The highest BCUT2D eigenvalue weighted by Gasteiger charge is 2.42. The van der Waals surface area contributed by atoms with Gasteiger partial charge < -0.3 is 14.6 Å². The van der Waals surface area contributed by atoms with Crippen LogP contribution in [-0.2, 0) is 16.0 Å². The maximum atomic E-state index is 13.4. The largest absolute Gasteiger partial charge is 0.457 e. The first-order valence-corrected chi connectivity index (χ1v) is 11.2. The summed E-state index contributed by atoms with van der Waals surface area (Å²) < 4.78 is 5.87. The van der Waals surface area contributed by atoms with Crippen LogP contribution in [0.25, 0.3) is 10.9 Å². The van der Waals surface area contributed by atoms with E-state index in [0.29, 0.717) is 0 Å². The molecule has 2 aliphatic rings. The third-order valence-corrected chi connectivity index (χ3v) is 6.61. The van der Waals surface area contributed by atoms with Crippen molar-refractivity contribution in [3.63, 3.8) is 0 Å². The second-order valence-corrected chi connectivity index (χ2v) is 9.72. The van der Waals surface area contributed by atoms with Crippen molar-refractivity contribution in [3.8, 4) is 0 Å². The van der Waals surface area contributed by atoms with Gasteiger partial charge in [0.1, 0.15) is 5.60 Å². The molecule has 1 aromatic heterocycles. The lowest BCUT2D eigenvalue weighted by molar-refractivity contribution is -0.150. The Morgan fingerprint density at radius 3 is 2.52 bits per heavy atom. The van der Waals surface area contributed by atoms with Gasteiger partial charge in [0.25, 0.3) is 0 Å². The number of hydrogen-bond acceptors (Lipinski definition) is 3. The number of hydrogen-bond donors (Lipinski definition) is 1. The summed E-state index contributed by atoms with van der Waals surface area (Å²) in [6.07, 6.45) is 1.83. The van der Waals surface area contributed by atoms with E-state index in [2.05, 4.69) is 65.3 Å². The molecule has 0 bridgehead atoms. The minimum absolute atomic E-state index is 0.00895. The van der Waals surface area contributed by atoms with Gasteiger partial charge >= 0.3 is 5.97 Å². The van der Waals surface area contributed by atoms with E-state index in [0.717, 1.165) is 30.7 Å². The zero-order chi connectivity index (χ0) is 21.8. The highest BCUT2D eigenvalue weighted by molar-refractivity contribution is 5.92. The fraction of sp³-hybridized carbons (Fsp3) is 0.370. The van der Waals surface area contributed by atoms with Gasteiger partial charge in [0.15, 0.2) is 0 Å². The van der Waals surface area contributed by atoms with E-state index in [-0.39, 0.29) is 17.9 Å². The fourth-order valence-electron chi connectivity index (χ4n) is 5.32. The van der Waals surface area contributed by atoms with E-state index < -0.39 is 5.60 Å². The quantitative estimate of drug-likeness (QED) is 0.533. The van der Waals surface area contributed by atoms with Crippen molar-refractivity contribution in [1.29, 1.82) is 0 Å². The van der Waals surface area contributed by atoms with Gasteiger partial charge in [-0.3, -0.25) is 0 Å². The molecule has 31 heavy (non-hydrogen) atoms. The number of aromatic amines is 1. The lowest BCUT2D eigenvalue weighted by atomic mass is 9.78. The van der Waals surface area contributed by atoms with Crippen LogP contribution >= 0.6 is 0 Å². The van der Waals surface area contributed by atoms with Crippen molar-refractivity contribution in [2.45, 2.75) is 58.1 Å². The summed E-state index contributed by atoms with van der Waals surface area (Å²) in [6, 6.07) is 19.2. The molecular formula is C27H30N2O2.